The summed E-state index contributed by atoms with van der Waals surface area (Å²) in [4.78, 5) is 161. The largest absolute Gasteiger partial charge is 0.744 e. The summed E-state index contributed by atoms with van der Waals surface area (Å²) in [5, 5.41) is 44.8. The third kappa shape index (κ3) is 38.4. The SMILES string of the molecule is CCC(=O)NCCOCCOCC(=O)N[C@@H](CCCCNC(=O)CCCC[C@H]1SCC2NC(=O)NC21)C(=O)NCC(N)=O.CCN1C(=CC=CC=CC2=[N+](CCCCCC(=O)NCCCC[C@H](NC(=O)CNC(=O)[C@@H](N)CS)C(=O)NCC(=O)NC(C)c3cc(OC)c(OCCCC(=O)NCCOCCOC)cc3[N+](=O)[O-])c3ccc(S(=O)(=O)O)cc3C2(C)C)C(C)(C)c2cc(S(=O)(=O)[O-])ccc21. The van der Waals surface area contributed by atoms with Gasteiger partial charge in [0.25, 0.3) is 15.8 Å². The molecular formula is C91H137N17O26S4. The molecule has 0 radical (unpaired) electrons. The molecule has 4 aliphatic heterocycles. The first-order chi connectivity index (χ1) is 65.6. The fourth-order valence-corrected chi connectivity index (χ4v) is 18.3. The van der Waals surface area contributed by atoms with Crippen LogP contribution in [0, 0.1) is 10.1 Å². The highest BCUT2D eigenvalue weighted by atomic mass is 32.2. The normalized spacial score (nSPS) is 16.7. The smallest absolute Gasteiger partial charge is 0.315 e. The summed E-state index contributed by atoms with van der Waals surface area (Å²) in [6.45, 7) is 15.7. The van der Waals surface area contributed by atoms with Crippen LogP contribution >= 0.6 is 24.4 Å². The zero-order valence-electron chi connectivity index (χ0n) is 79.8. The van der Waals surface area contributed by atoms with Crippen LogP contribution in [0.3, 0.4) is 0 Å². The number of allylic oxidation sites excluding steroid dienone is 6. The molecular weight excluding hydrogens is 1880 g/mol. The van der Waals surface area contributed by atoms with Crippen molar-refractivity contribution in [2.24, 2.45) is 11.5 Å². The number of urea groups is 1. The average molecular weight is 2010 g/mol. The molecule has 43 nitrogen and oxygen atoms in total. The van der Waals surface area contributed by atoms with Gasteiger partial charge in [-0.1, -0.05) is 45.4 Å². The van der Waals surface area contributed by atoms with Gasteiger partial charge in [-0.2, -0.15) is 37.4 Å². The van der Waals surface area contributed by atoms with Gasteiger partial charge in [-0.3, -0.25) is 67.4 Å². The Hall–Kier alpha value is -10.9. The Balaban J connectivity index is 0.000000565. The molecule has 7 atom stereocenters. The van der Waals surface area contributed by atoms with Gasteiger partial charge in [0.2, 0.25) is 70.7 Å². The number of benzene rings is 3. The Labute approximate surface area is 815 Å². The van der Waals surface area contributed by atoms with Crippen molar-refractivity contribution in [3.05, 3.63) is 111 Å². The van der Waals surface area contributed by atoms with Gasteiger partial charge in [-0.25, -0.2) is 13.2 Å². The lowest BCUT2D eigenvalue weighted by Crippen LogP contribution is -2.52. The predicted octanol–water partition coefficient (Wildman–Crippen LogP) is 3.23. The first-order valence-electron chi connectivity index (χ1n) is 46.1. The molecule has 17 N–H and O–H groups in total. The maximum absolute atomic E-state index is 13.6. The number of hydrogen-bond donors (Lipinski definition) is 16. The third-order valence-corrected chi connectivity index (χ3v) is 26.6. The van der Waals surface area contributed by atoms with Crippen LogP contribution in [0.2, 0.25) is 0 Å². The minimum atomic E-state index is -4.67. The molecule has 0 aromatic heterocycles. The highest BCUT2D eigenvalue weighted by Crippen LogP contribution is 2.49. The van der Waals surface area contributed by atoms with E-state index in [1.54, 1.807) is 26.2 Å². The van der Waals surface area contributed by atoms with Crippen molar-refractivity contribution in [3.63, 3.8) is 0 Å². The van der Waals surface area contributed by atoms with Crippen molar-refractivity contribution < 1.29 is 121 Å². The van der Waals surface area contributed by atoms with E-state index in [2.05, 4.69) is 85.9 Å². The number of fused-ring (bicyclic) bond motifs is 3. The van der Waals surface area contributed by atoms with Gasteiger partial charge in [0.1, 0.15) is 35.4 Å². The number of thioether (sulfide) groups is 1. The predicted molar refractivity (Wildman–Crippen MR) is 518 cm³/mol. The number of amides is 13. The lowest BCUT2D eigenvalue weighted by atomic mass is 9.81. The van der Waals surface area contributed by atoms with Gasteiger partial charge in [-0.05, 0) is 146 Å². The standard InChI is InChI=1S/C64H90N10O18S3.C27H47N7O8S/c1-9-72-50-26-24-43(94(83,84)85)35-46(50)63(3,4)55(72)20-12-10-13-21-56-64(5,6)47-36-44(95(86,87)88)25-27-51(47)73(56)30-17-11-14-22-57(75)66-28-16-15-19-49(71-60(78)40-68-61(79)48(65)41-93)62(80)69-39-59(77)70-42(2)45-37-53(90-8)54(38-52(45)74(81)82)92-31-18-23-58(76)67-29-32-91-34-33-89-7;1-2-22(36)30-11-12-41-13-14-42-16-24(38)32-18(26(39)31-15-21(28)35)7-5-6-10-29-23(37)9-4-3-8-20-25-19(17-43-20)33-27(40)34-25/h10,12-13,20-21,24-27,35-38,42,48-49H,9,11,14-19,22-23,28-34,39-41,65H2,1-8H3,(H8-,66,67,68,69,70,71,75,76,77,78,79,80,83,84,85,86,87,88,93);18-20,25H,2-17H2,1H3,(H2,28,35)(H,29,37)(H,30,36)(H,31,39)(H,32,38)(H2,33,34,40)/t42?,48-,49-;18-,19?,20+,25?/m00/s1. The van der Waals surface area contributed by atoms with Crippen molar-refractivity contribution in [1.82, 2.24) is 63.8 Å². The molecule has 0 saturated carbocycles. The molecule has 0 aliphatic carbocycles. The minimum Gasteiger partial charge on any atom is -0.744 e. The van der Waals surface area contributed by atoms with Crippen LogP contribution in [0.1, 0.15) is 180 Å². The van der Waals surface area contributed by atoms with E-state index in [1.165, 1.54) is 44.4 Å². The molecule has 3 aromatic carbocycles. The van der Waals surface area contributed by atoms with Crippen molar-refractivity contribution in [3.8, 4) is 11.5 Å². The van der Waals surface area contributed by atoms with E-state index in [4.69, 9.17) is 39.9 Å². The van der Waals surface area contributed by atoms with Crippen molar-refractivity contribution >= 4 is 138 Å². The molecule has 47 heteroatoms. The number of hydrogen-bond acceptors (Lipinski definition) is 29. The zero-order chi connectivity index (χ0) is 102. The minimum absolute atomic E-state index is 0.0102. The number of nitrogens with one attached hydrogen (secondary N) is 12. The number of rotatable bonds is 63. The molecule has 0 bridgehead atoms. The molecule has 3 aromatic rings. The number of nitrogens with zero attached hydrogens (tertiary/aromatic N) is 3. The summed E-state index contributed by atoms with van der Waals surface area (Å²) in [6, 6.07) is 7.61. The Bertz CT molecular complexity index is 5040. The van der Waals surface area contributed by atoms with E-state index in [0.29, 0.717) is 134 Å². The Morgan fingerprint density at radius 3 is 1.82 bits per heavy atom. The summed E-state index contributed by atoms with van der Waals surface area (Å²) in [7, 11) is -6.29. The Morgan fingerprint density at radius 1 is 0.638 bits per heavy atom. The fraction of sp³-hybridized carbons (Fsp3) is 0.593. The van der Waals surface area contributed by atoms with E-state index < -0.39 is 120 Å². The highest BCUT2D eigenvalue weighted by molar-refractivity contribution is 8.00. The second kappa shape index (κ2) is 58.9. The average Bonchev–Trinajstić information content (AvgIpc) is 1.59. The second-order valence-corrected chi connectivity index (χ2v) is 38.5. The molecule has 0 spiro atoms. The van der Waals surface area contributed by atoms with Crippen molar-refractivity contribution in [1.29, 1.82) is 0 Å². The number of methoxy groups -OCH3 is 2. The number of ether oxygens (including phenoxy) is 6. The van der Waals surface area contributed by atoms with Gasteiger partial charge in [0, 0.05) is 123 Å². The van der Waals surface area contributed by atoms with Gasteiger partial charge >= 0.3 is 6.03 Å². The summed E-state index contributed by atoms with van der Waals surface area (Å²) < 4.78 is 104. The van der Waals surface area contributed by atoms with E-state index in [0.717, 1.165) is 59.4 Å². The van der Waals surface area contributed by atoms with Crippen LogP contribution in [-0.4, -0.2) is 285 Å². The molecule has 4 aliphatic rings. The lowest BCUT2D eigenvalue weighted by Gasteiger charge is -2.25. The molecule has 3 unspecified atom stereocenters. The zero-order valence-corrected chi connectivity index (χ0v) is 83.2. The second-order valence-electron chi connectivity index (χ2n) is 34.0. The Morgan fingerprint density at radius 2 is 1.22 bits per heavy atom. The quantitative estimate of drug-likeness (QED) is 0.00564. The molecule has 13 amide bonds. The van der Waals surface area contributed by atoms with Gasteiger partial charge < -0.3 is 113 Å². The number of carbonyl (C=O) groups excluding carboxylic acids is 12. The number of carbonyl (C=O) groups is 12. The van der Waals surface area contributed by atoms with Crippen LogP contribution in [0.4, 0.5) is 21.9 Å². The summed E-state index contributed by atoms with van der Waals surface area (Å²) >= 11 is 5.86. The first-order valence-corrected chi connectivity index (χ1v) is 50.7. The van der Waals surface area contributed by atoms with Gasteiger partial charge in [0.05, 0.1) is 129 Å². The molecule has 766 valence electrons. The topological polar surface area (TPSA) is 618 Å². The number of unbranched alkanes of at least 4 members (excludes halogenated alkanes) is 5. The molecule has 2 fully saturated rings. The van der Waals surface area contributed by atoms with Crippen LogP contribution in [0.15, 0.2) is 94.4 Å². The Kier molecular flexibility index (Phi) is 49.4. The van der Waals surface area contributed by atoms with Crippen LogP contribution in [0.5, 0.6) is 11.5 Å². The number of nitro groups is 1. The molecule has 4 heterocycles. The summed E-state index contributed by atoms with van der Waals surface area (Å²) in [5.41, 5.74) is 13.9. The monoisotopic (exact) mass is 2010 g/mol. The van der Waals surface area contributed by atoms with E-state index in [1.807, 2.05) is 76.8 Å². The number of nitrogens with two attached hydrogens (primary N) is 2. The third-order valence-electron chi connectivity index (χ3n) is 23.0. The first kappa shape index (κ1) is 116. The van der Waals surface area contributed by atoms with Crippen LogP contribution in [-0.2, 0) is 103 Å². The molecule has 138 heavy (non-hydrogen) atoms. The van der Waals surface area contributed by atoms with E-state index >= 15 is 0 Å². The van der Waals surface area contributed by atoms with Crippen LogP contribution in [0.25, 0.3) is 0 Å². The summed E-state index contributed by atoms with van der Waals surface area (Å²) in [5.74, 6) is -4.06. The summed E-state index contributed by atoms with van der Waals surface area (Å²) in [6.07, 6.45) is 17.5. The number of primary amides is 1. The number of thiol groups is 1. The highest BCUT2D eigenvalue weighted by Gasteiger charge is 2.46. The van der Waals surface area contributed by atoms with Crippen molar-refractivity contribution in [2.45, 2.75) is 220 Å². The maximum atomic E-state index is 13.6. The van der Waals surface area contributed by atoms with E-state index in [-0.39, 0.29) is 140 Å². The van der Waals surface area contributed by atoms with E-state index in [9.17, 15) is 93.6 Å². The maximum Gasteiger partial charge on any atom is 0.315 e. The number of likely N-dealkylation sites (N-methyl/N-ethyl adjacent to an activating group) is 1. The fourth-order valence-electron chi connectivity index (χ4n) is 15.6. The number of anilines is 1. The lowest BCUT2D eigenvalue weighted by molar-refractivity contribution is -0.438. The van der Waals surface area contributed by atoms with Gasteiger partial charge in [0.15, 0.2) is 17.2 Å². The van der Waals surface area contributed by atoms with Gasteiger partial charge in [-0.15, -0.1) is 0 Å². The van der Waals surface area contributed by atoms with Crippen LogP contribution < -0.4 is 89.6 Å². The molecule has 2 saturated heterocycles. The number of nitro benzene ring substituents is 1. The van der Waals surface area contributed by atoms with Crippen molar-refractivity contribution in [2.75, 3.05) is 142 Å². The molecule has 7 rings (SSSR count).